The van der Waals surface area contributed by atoms with Crippen LogP contribution in [0, 0.1) is 6.92 Å². The highest BCUT2D eigenvalue weighted by Gasteiger charge is 2.24. The third kappa shape index (κ3) is 3.84. The molecule has 1 atom stereocenters. The lowest BCUT2D eigenvalue weighted by molar-refractivity contribution is -0.122. The van der Waals surface area contributed by atoms with Gasteiger partial charge in [0.2, 0.25) is 15.9 Å². The van der Waals surface area contributed by atoms with Gasteiger partial charge in [-0.2, -0.15) is 4.72 Å². The van der Waals surface area contributed by atoms with Crippen LogP contribution in [0.4, 0.5) is 5.69 Å². The Morgan fingerprint density at radius 2 is 2.05 bits per heavy atom. The summed E-state index contributed by atoms with van der Waals surface area (Å²) < 4.78 is 26.8. The third-order valence-electron chi connectivity index (χ3n) is 2.73. The van der Waals surface area contributed by atoms with E-state index in [2.05, 4.69) is 10.0 Å². The summed E-state index contributed by atoms with van der Waals surface area (Å²) in [5, 5.41) is 2.76. The zero-order valence-electron chi connectivity index (χ0n) is 11.5. The molecule has 4 N–H and O–H groups in total. The molecule has 1 rings (SSSR count). The smallest absolute Gasteiger partial charge is 0.241 e. The topological polar surface area (TPSA) is 101 Å². The number of amides is 1. The van der Waals surface area contributed by atoms with E-state index in [1.54, 1.807) is 13.8 Å². The van der Waals surface area contributed by atoms with Crippen molar-refractivity contribution in [3.8, 4) is 0 Å². The molecule has 1 unspecified atom stereocenters. The first-order valence-corrected chi connectivity index (χ1v) is 7.90. The Hall–Kier alpha value is -1.31. The molecule has 8 heteroatoms. The fraction of sp³-hybridized carbons (Fsp3) is 0.417. The minimum Gasteiger partial charge on any atom is -0.398 e. The van der Waals surface area contributed by atoms with Crippen LogP contribution in [0.25, 0.3) is 0 Å². The lowest BCUT2D eigenvalue weighted by atomic mass is 10.2. The van der Waals surface area contributed by atoms with E-state index in [0.29, 0.717) is 12.1 Å². The molecule has 1 aromatic rings. The number of hydrogen-bond donors (Lipinski definition) is 3. The Kier molecular flexibility index (Phi) is 5.38. The Morgan fingerprint density at radius 1 is 1.45 bits per heavy atom. The average Bonchev–Trinajstić information content (AvgIpc) is 2.33. The standard InChI is InChI=1S/C12H18ClN3O3S/c1-4-15-12(17)8(3)16-20(18,19)11-6-9(13)5-10(14)7(11)2/h5-6,8,16H,4,14H2,1-3H3,(H,15,17). The highest BCUT2D eigenvalue weighted by molar-refractivity contribution is 7.89. The predicted molar refractivity (Wildman–Crippen MR) is 79.1 cm³/mol. The molecule has 0 fully saturated rings. The second kappa shape index (κ2) is 6.43. The van der Waals surface area contributed by atoms with E-state index in [1.165, 1.54) is 19.1 Å². The molecule has 0 bridgehead atoms. The average molecular weight is 320 g/mol. The number of carbonyl (C=O) groups is 1. The van der Waals surface area contributed by atoms with E-state index in [1.807, 2.05) is 0 Å². The molecule has 0 heterocycles. The maximum atomic E-state index is 12.3. The van der Waals surface area contributed by atoms with Crippen LogP contribution >= 0.6 is 11.6 Å². The van der Waals surface area contributed by atoms with E-state index in [0.717, 1.165) is 0 Å². The number of nitrogens with two attached hydrogens (primary N) is 1. The predicted octanol–water partition coefficient (Wildman–Crippen LogP) is 1.03. The van der Waals surface area contributed by atoms with Crippen LogP contribution in [-0.2, 0) is 14.8 Å². The van der Waals surface area contributed by atoms with Crippen LogP contribution in [-0.4, -0.2) is 26.9 Å². The van der Waals surface area contributed by atoms with Gasteiger partial charge in [-0.3, -0.25) is 4.79 Å². The summed E-state index contributed by atoms with van der Waals surface area (Å²) in [5.74, 6) is -0.399. The van der Waals surface area contributed by atoms with Crippen molar-refractivity contribution in [1.29, 1.82) is 0 Å². The molecule has 1 amide bonds. The normalized spacial score (nSPS) is 13.0. The van der Waals surface area contributed by atoms with Crippen LogP contribution in [0.2, 0.25) is 5.02 Å². The molecule has 0 saturated carbocycles. The van der Waals surface area contributed by atoms with Gasteiger partial charge in [0.1, 0.15) is 0 Å². The Morgan fingerprint density at radius 3 is 2.60 bits per heavy atom. The van der Waals surface area contributed by atoms with E-state index in [9.17, 15) is 13.2 Å². The maximum absolute atomic E-state index is 12.3. The molecule has 20 heavy (non-hydrogen) atoms. The molecule has 0 radical (unpaired) electrons. The van der Waals surface area contributed by atoms with Crippen molar-refractivity contribution in [1.82, 2.24) is 10.0 Å². The number of hydrogen-bond acceptors (Lipinski definition) is 4. The summed E-state index contributed by atoms with van der Waals surface area (Å²) in [7, 11) is -3.87. The van der Waals surface area contributed by atoms with Crippen molar-refractivity contribution < 1.29 is 13.2 Å². The molecule has 0 aliphatic rings. The monoisotopic (exact) mass is 319 g/mol. The third-order valence-corrected chi connectivity index (χ3v) is 4.62. The lowest BCUT2D eigenvalue weighted by Crippen LogP contribution is -2.44. The van der Waals surface area contributed by atoms with Crippen molar-refractivity contribution in [2.45, 2.75) is 31.7 Å². The summed E-state index contributed by atoms with van der Waals surface area (Å²) >= 11 is 5.83. The first kappa shape index (κ1) is 16.7. The van der Waals surface area contributed by atoms with E-state index in [-0.39, 0.29) is 15.6 Å². The molecule has 1 aromatic carbocycles. The quantitative estimate of drug-likeness (QED) is 0.706. The van der Waals surface area contributed by atoms with Crippen molar-refractivity contribution in [2.24, 2.45) is 0 Å². The summed E-state index contributed by atoms with van der Waals surface area (Å²) in [6, 6.07) is 1.89. The molecule has 0 aliphatic carbocycles. The van der Waals surface area contributed by atoms with Crippen LogP contribution in [0.3, 0.4) is 0 Å². The molecule has 0 aliphatic heterocycles. The van der Waals surface area contributed by atoms with Crippen molar-refractivity contribution in [2.75, 3.05) is 12.3 Å². The number of carbonyl (C=O) groups excluding carboxylic acids is 1. The minimum atomic E-state index is -3.87. The molecule has 0 spiro atoms. The zero-order valence-corrected chi connectivity index (χ0v) is 13.1. The first-order valence-electron chi connectivity index (χ1n) is 6.04. The number of nitrogen functional groups attached to an aromatic ring is 1. The van der Waals surface area contributed by atoms with Gasteiger partial charge in [-0.15, -0.1) is 0 Å². The number of nitrogens with one attached hydrogen (secondary N) is 2. The highest BCUT2D eigenvalue weighted by atomic mass is 35.5. The Bertz CT molecular complexity index is 617. The molecule has 0 saturated heterocycles. The lowest BCUT2D eigenvalue weighted by Gasteiger charge is -2.16. The summed E-state index contributed by atoms with van der Waals surface area (Å²) in [5.41, 5.74) is 6.38. The second-order valence-corrected chi connectivity index (χ2v) is 6.47. The van der Waals surface area contributed by atoms with E-state index in [4.69, 9.17) is 17.3 Å². The molecular weight excluding hydrogens is 302 g/mol. The largest absolute Gasteiger partial charge is 0.398 e. The van der Waals surface area contributed by atoms with Gasteiger partial charge < -0.3 is 11.1 Å². The van der Waals surface area contributed by atoms with Gasteiger partial charge in [0.15, 0.2) is 0 Å². The van der Waals surface area contributed by atoms with Gasteiger partial charge >= 0.3 is 0 Å². The maximum Gasteiger partial charge on any atom is 0.241 e. The van der Waals surface area contributed by atoms with Gasteiger partial charge in [0.05, 0.1) is 10.9 Å². The molecule has 6 nitrogen and oxygen atoms in total. The minimum absolute atomic E-state index is 0.0290. The van der Waals surface area contributed by atoms with Gasteiger partial charge in [0, 0.05) is 17.3 Å². The van der Waals surface area contributed by atoms with Crippen LogP contribution < -0.4 is 15.8 Å². The van der Waals surface area contributed by atoms with Crippen LogP contribution in [0.5, 0.6) is 0 Å². The fourth-order valence-corrected chi connectivity index (χ4v) is 3.42. The first-order chi connectivity index (χ1) is 9.19. The Balaban J connectivity index is 3.09. The number of likely N-dealkylation sites (N-methyl/N-ethyl adjacent to an activating group) is 1. The second-order valence-electron chi connectivity index (χ2n) is 4.36. The molecule has 0 aromatic heterocycles. The van der Waals surface area contributed by atoms with Crippen LogP contribution in [0.15, 0.2) is 17.0 Å². The van der Waals surface area contributed by atoms with Crippen molar-refractivity contribution in [3.05, 3.63) is 22.7 Å². The van der Waals surface area contributed by atoms with Crippen molar-refractivity contribution >= 4 is 33.2 Å². The Labute approximate surface area is 123 Å². The van der Waals surface area contributed by atoms with Crippen molar-refractivity contribution in [3.63, 3.8) is 0 Å². The molecular formula is C12H18ClN3O3S. The zero-order chi connectivity index (χ0) is 15.5. The van der Waals surface area contributed by atoms with Crippen LogP contribution in [0.1, 0.15) is 19.4 Å². The van der Waals surface area contributed by atoms with Gasteiger partial charge in [-0.05, 0) is 38.5 Å². The fourth-order valence-electron chi connectivity index (χ4n) is 1.63. The van der Waals surface area contributed by atoms with E-state index < -0.39 is 22.0 Å². The number of anilines is 1. The molecule has 112 valence electrons. The highest BCUT2D eigenvalue weighted by Crippen LogP contribution is 2.25. The van der Waals surface area contributed by atoms with Gasteiger partial charge in [0.25, 0.3) is 0 Å². The number of benzene rings is 1. The SMILES string of the molecule is CCNC(=O)C(C)NS(=O)(=O)c1cc(Cl)cc(N)c1C. The summed E-state index contributed by atoms with van der Waals surface area (Å²) in [4.78, 5) is 11.6. The summed E-state index contributed by atoms with van der Waals surface area (Å²) in [6.07, 6.45) is 0. The van der Waals surface area contributed by atoms with Gasteiger partial charge in [-0.1, -0.05) is 11.6 Å². The number of sulfonamides is 1. The summed E-state index contributed by atoms with van der Waals surface area (Å²) in [6.45, 7) is 5.22. The number of rotatable bonds is 5. The number of halogens is 1. The van der Waals surface area contributed by atoms with Gasteiger partial charge in [-0.25, -0.2) is 8.42 Å². The van der Waals surface area contributed by atoms with E-state index >= 15 is 0 Å².